The summed E-state index contributed by atoms with van der Waals surface area (Å²) in [4.78, 5) is 3.59. The zero-order chi connectivity index (χ0) is 15.5. The van der Waals surface area contributed by atoms with Crippen LogP contribution in [0, 0.1) is 0 Å². The number of nitrogens with zero attached hydrogens (tertiary/aromatic N) is 1. The van der Waals surface area contributed by atoms with Gasteiger partial charge >= 0.3 is 6.18 Å². The van der Waals surface area contributed by atoms with E-state index in [2.05, 4.69) is 10.3 Å². The molecule has 1 aliphatic heterocycles. The molecule has 0 aromatic carbocycles. The monoisotopic (exact) mass is 319 g/mol. The Morgan fingerprint density at radius 1 is 1.48 bits per heavy atom. The van der Waals surface area contributed by atoms with Gasteiger partial charge in [-0.2, -0.15) is 13.2 Å². The first-order chi connectivity index (χ1) is 9.88. The SMILES string of the molecule is NC(=S)c1ccc(C(F)(F)F)nc1NCCC1CCCO1. The molecule has 0 spiro atoms. The molecular formula is C13H16F3N3OS. The van der Waals surface area contributed by atoms with Crippen molar-refractivity contribution < 1.29 is 17.9 Å². The molecule has 1 aromatic heterocycles. The minimum atomic E-state index is -4.50. The fourth-order valence-electron chi connectivity index (χ4n) is 2.17. The molecule has 8 heteroatoms. The van der Waals surface area contributed by atoms with E-state index in [1.54, 1.807) is 0 Å². The highest BCUT2D eigenvalue weighted by Crippen LogP contribution is 2.29. The van der Waals surface area contributed by atoms with Crippen molar-refractivity contribution in [2.45, 2.75) is 31.5 Å². The lowest BCUT2D eigenvalue weighted by molar-refractivity contribution is -0.141. The maximum Gasteiger partial charge on any atom is 0.433 e. The van der Waals surface area contributed by atoms with Crippen LogP contribution in [-0.2, 0) is 10.9 Å². The number of hydrogen-bond acceptors (Lipinski definition) is 4. The van der Waals surface area contributed by atoms with Crippen LogP contribution >= 0.6 is 12.2 Å². The number of hydrogen-bond donors (Lipinski definition) is 2. The number of alkyl halides is 3. The second kappa shape index (κ2) is 6.57. The van der Waals surface area contributed by atoms with Gasteiger partial charge in [0.25, 0.3) is 0 Å². The number of thiocarbonyl (C=S) groups is 1. The normalized spacial score (nSPS) is 18.7. The highest BCUT2D eigenvalue weighted by atomic mass is 32.1. The molecule has 0 bridgehead atoms. The van der Waals surface area contributed by atoms with Crippen molar-refractivity contribution in [3.63, 3.8) is 0 Å². The highest BCUT2D eigenvalue weighted by Gasteiger charge is 2.33. The zero-order valence-electron chi connectivity index (χ0n) is 11.2. The lowest BCUT2D eigenvalue weighted by Gasteiger charge is -2.15. The molecule has 1 unspecified atom stereocenters. The van der Waals surface area contributed by atoms with Gasteiger partial charge in [-0.1, -0.05) is 12.2 Å². The molecule has 2 rings (SSSR count). The van der Waals surface area contributed by atoms with Crippen molar-refractivity contribution in [3.8, 4) is 0 Å². The van der Waals surface area contributed by atoms with Crippen molar-refractivity contribution in [1.29, 1.82) is 0 Å². The number of halogens is 3. The summed E-state index contributed by atoms with van der Waals surface area (Å²) in [7, 11) is 0. The number of rotatable bonds is 5. The number of nitrogens with one attached hydrogen (secondary N) is 1. The Morgan fingerprint density at radius 2 is 2.24 bits per heavy atom. The zero-order valence-corrected chi connectivity index (χ0v) is 12.1. The molecule has 1 aromatic rings. The van der Waals surface area contributed by atoms with Gasteiger partial charge in [-0.25, -0.2) is 4.98 Å². The minimum absolute atomic E-state index is 0.0100. The first-order valence-corrected chi connectivity index (χ1v) is 7.02. The third kappa shape index (κ3) is 4.28. The van der Waals surface area contributed by atoms with E-state index in [1.165, 1.54) is 6.07 Å². The number of pyridine rings is 1. The Balaban J connectivity index is 2.08. The van der Waals surface area contributed by atoms with Gasteiger partial charge in [-0.05, 0) is 31.4 Å². The van der Waals surface area contributed by atoms with Gasteiger partial charge in [-0.3, -0.25) is 0 Å². The van der Waals surface area contributed by atoms with Gasteiger partial charge in [0.1, 0.15) is 16.5 Å². The molecule has 1 fully saturated rings. The Bertz CT molecular complexity index is 516. The third-order valence-corrected chi connectivity index (χ3v) is 3.45. The van der Waals surface area contributed by atoms with Crippen LogP contribution in [0.5, 0.6) is 0 Å². The van der Waals surface area contributed by atoms with Gasteiger partial charge in [0.05, 0.1) is 11.7 Å². The first kappa shape index (κ1) is 16.0. The lowest BCUT2D eigenvalue weighted by atomic mass is 10.2. The number of anilines is 1. The van der Waals surface area contributed by atoms with Crippen LogP contribution in [-0.4, -0.2) is 29.2 Å². The second-order valence-electron chi connectivity index (χ2n) is 4.81. The predicted molar refractivity (Wildman–Crippen MR) is 77.2 cm³/mol. The molecule has 116 valence electrons. The standard InChI is InChI=1S/C13H16F3N3OS/c14-13(15,16)10-4-3-9(11(17)21)12(19-10)18-6-5-8-2-1-7-20-8/h3-4,8H,1-2,5-7H2,(H2,17,21)(H,18,19). The summed E-state index contributed by atoms with van der Waals surface area (Å²) >= 11 is 4.84. The summed E-state index contributed by atoms with van der Waals surface area (Å²) < 4.78 is 43.5. The van der Waals surface area contributed by atoms with Gasteiger partial charge in [0.15, 0.2) is 0 Å². The van der Waals surface area contributed by atoms with Crippen LogP contribution in [0.15, 0.2) is 12.1 Å². The Labute approximate surface area is 125 Å². The third-order valence-electron chi connectivity index (χ3n) is 3.23. The van der Waals surface area contributed by atoms with Crippen molar-refractivity contribution in [2.75, 3.05) is 18.5 Å². The summed E-state index contributed by atoms with van der Waals surface area (Å²) in [5, 5.41) is 2.88. The fraction of sp³-hybridized carbons (Fsp3) is 0.538. The van der Waals surface area contributed by atoms with Crippen LogP contribution in [0.4, 0.5) is 19.0 Å². The van der Waals surface area contributed by atoms with E-state index >= 15 is 0 Å². The molecule has 1 aliphatic rings. The molecule has 4 nitrogen and oxygen atoms in total. The quantitative estimate of drug-likeness (QED) is 0.817. The smallest absolute Gasteiger partial charge is 0.389 e. The first-order valence-electron chi connectivity index (χ1n) is 6.61. The van der Waals surface area contributed by atoms with E-state index in [0.29, 0.717) is 18.5 Å². The van der Waals surface area contributed by atoms with Crippen molar-refractivity contribution in [3.05, 3.63) is 23.4 Å². The van der Waals surface area contributed by atoms with Crippen LogP contribution in [0.2, 0.25) is 0 Å². The number of aromatic nitrogens is 1. The Morgan fingerprint density at radius 3 is 2.81 bits per heavy atom. The molecule has 1 saturated heterocycles. The topological polar surface area (TPSA) is 60.2 Å². The van der Waals surface area contributed by atoms with Gasteiger partial charge in [0, 0.05) is 13.2 Å². The number of ether oxygens (including phenoxy) is 1. The van der Waals surface area contributed by atoms with Gasteiger partial charge in [-0.15, -0.1) is 0 Å². The van der Waals surface area contributed by atoms with Gasteiger partial charge in [0.2, 0.25) is 0 Å². The predicted octanol–water partition coefficient (Wildman–Crippen LogP) is 2.72. The van der Waals surface area contributed by atoms with E-state index in [4.69, 9.17) is 22.7 Å². The summed E-state index contributed by atoms with van der Waals surface area (Å²) in [5.74, 6) is 0.0651. The summed E-state index contributed by atoms with van der Waals surface area (Å²) in [6.07, 6.45) is -1.66. The molecule has 0 aliphatic carbocycles. The van der Waals surface area contributed by atoms with E-state index in [1.807, 2.05) is 0 Å². The molecule has 0 radical (unpaired) electrons. The van der Waals surface area contributed by atoms with E-state index in [-0.39, 0.29) is 16.9 Å². The maximum absolute atomic E-state index is 12.7. The summed E-state index contributed by atoms with van der Waals surface area (Å²) in [5.41, 5.74) is 4.85. The molecule has 21 heavy (non-hydrogen) atoms. The Kier molecular flexibility index (Phi) is 5.00. The van der Waals surface area contributed by atoms with Crippen molar-refractivity contribution in [1.82, 2.24) is 4.98 Å². The molecular weight excluding hydrogens is 303 g/mol. The largest absolute Gasteiger partial charge is 0.433 e. The van der Waals surface area contributed by atoms with Crippen LogP contribution in [0.3, 0.4) is 0 Å². The molecule has 0 saturated carbocycles. The highest BCUT2D eigenvalue weighted by molar-refractivity contribution is 7.80. The average molecular weight is 319 g/mol. The fourth-order valence-corrected chi connectivity index (χ4v) is 2.34. The van der Waals surface area contributed by atoms with Gasteiger partial charge < -0.3 is 15.8 Å². The van der Waals surface area contributed by atoms with Crippen molar-refractivity contribution >= 4 is 23.0 Å². The van der Waals surface area contributed by atoms with Crippen LogP contribution in [0.1, 0.15) is 30.5 Å². The molecule has 0 amide bonds. The molecule has 1 atom stereocenters. The second-order valence-corrected chi connectivity index (χ2v) is 5.24. The van der Waals surface area contributed by atoms with E-state index < -0.39 is 11.9 Å². The minimum Gasteiger partial charge on any atom is -0.389 e. The number of nitrogens with two attached hydrogens (primary N) is 1. The van der Waals surface area contributed by atoms with Crippen molar-refractivity contribution in [2.24, 2.45) is 5.73 Å². The van der Waals surface area contributed by atoms with E-state index in [0.717, 1.165) is 25.5 Å². The van der Waals surface area contributed by atoms with E-state index in [9.17, 15) is 13.2 Å². The lowest BCUT2D eigenvalue weighted by Crippen LogP contribution is -2.19. The summed E-state index contributed by atoms with van der Waals surface area (Å²) in [6, 6.07) is 2.12. The Hall–Kier alpha value is -1.41. The van der Waals surface area contributed by atoms with Crippen LogP contribution < -0.4 is 11.1 Å². The van der Waals surface area contributed by atoms with Crippen LogP contribution in [0.25, 0.3) is 0 Å². The average Bonchev–Trinajstić information content (AvgIpc) is 2.90. The molecule has 3 N–H and O–H groups in total. The molecule has 2 heterocycles. The summed E-state index contributed by atoms with van der Waals surface area (Å²) in [6.45, 7) is 1.19. The maximum atomic E-state index is 12.7.